The number of aliphatic imine (C=N–C) groups is 1. The van der Waals surface area contributed by atoms with E-state index in [2.05, 4.69) is 64.8 Å². The minimum Gasteiger partial charge on any atom is -0.487 e. The number of hydrogen-bond donors (Lipinski definition) is 1. The van der Waals surface area contributed by atoms with Crippen molar-refractivity contribution in [2.45, 2.75) is 6.61 Å². The van der Waals surface area contributed by atoms with Gasteiger partial charge in [0, 0.05) is 3.57 Å². The highest BCUT2D eigenvalue weighted by Crippen LogP contribution is 2.37. The van der Waals surface area contributed by atoms with Crippen molar-refractivity contribution in [2.75, 3.05) is 0 Å². The van der Waals surface area contributed by atoms with Gasteiger partial charge in [-0.3, -0.25) is 4.79 Å². The Hall–Kier alpha value is -1.62. The molecule has 1 N–H and O–H groups in total. The zero-order valence-corrected chi connectivity index (χ0v) is 22.1. The van der Waals surface area contributed by atoms with Crippen molar-refractivity contribution in [3.05, 3.63) is 95.3 Å². The van der Waals surface area contributed by atoms with Crippen LogP contribution in [-0.4, -0.2) is 11.1 Å². The molecule has 4 nitrogen and oxygen atoms in total. The van der Waals surface area contributed by atoms with Gasteiger partial charge in [0.05, 0.1) is 19.5 Å². The summed E-state index contributed by atoms with van der Waals surface area (Å²) < 4.78 is 8.72. The average molecular weight is 670 g/mol. The molecule has 3 aromatic rings. The van der Waals surface area contributed by atoms with Gasteiger partial charge in [0.1, 0.15) is 12.4 Å². The number of carbonyl (C=O) groups is 1. The van der Waals surface area contributed by atoms with Crippen LogP contribution < -0.4 is 10.1 Å². The molecule has 0 aliphatic carbocycles. The zero-order chi connectivity index (χ0) is 21.8. The van der Waals surface area contributed by atoms with Crippen molar-refractivity contribution in [3.8, 4) is 5.75 Å². The molecular weight excluding hydrogens is 655 g/mol. The van der Waals surface area contributed by atoms with E-state index in [1.165, 1.54) is 11.8 Å². The lowest BCUT2D eigenvalue weighted by Crippen LogP contribution is -2.19. The number of hydrogen-bond acceptors (Lipinski definition) is 4. The van der Waals surface area contributed by atoms with E-state index < -0.39 is 0 Å². The van der Waals surface area contributed by atoms with Crippen LogP contribution in [0.25, 0.3) is 6.08 Å². The molecule has 4 rings (SSSR count). The number of rotatable bonds is 5. The van der Waals surface area contributed by atoms with Crippen LogP contribution in [0.15, 0.2) is 85.6 Å². The Morgan fingerprint density at radius 1 is 1.03 bits per heavy atom. The Morgan fingerprint density at radius 3 is 2.39 bits per heavy atom. The summed E-state index contributed by atoms with van der Waals surface area (Å²) in [4.78, 5) is 17.5. The van der Waals surface area contributed by atoms with Crippen molar-refractivity contribution >= 4 is 89.1 Å². The van der Waals surface area contributed by atoms with E-state index >= 15 is 0 Å². The quantitative estimate of drug-likeness (QED) is 0.229. The van der Waals surface area contributed by atoms with Gasteiger partial charge in [-0.25, -0.2) is 4.99 Å². The predicted molar refractivity (Wildman–Crippen MR) is 143 cm³/mol. The summed E-state index contributed by atoms with van der Waals surface area (Å²) in [6, 6.07) is 21.7. The third kappa shape index (κ3) is 6.00. The smallest absolute Gasteiger partial charge is 0.264 e. The predicted octanol–water partition coefficient (Wildman–Crippen LogP) is 7.29. The molecule has 8 heteroatoms. The number of amidine groups is 1. The second-order valence-electron chi connectivity index (χ2n) is 6.55. The van der Waals surface area contributed by atoms with Gasteiger partial charge in [-0.15, -0.1) is 0 Å². The molecule has 0 radical (unpaired) electrons. The Labute approximate surface area is 215 Å². The van der Waals surface area contributed by atoms with E-state index in [4.69, 9.17) is 4.74 Å². The fourth-order valence-corrected chi connectivity index (χ4v) is 5.45. The van der Waals surface area contributed by atoms with E-state index in [1.807, 2.05) is 72.8 Å². The third-order valence-electron chi connectivity index (χ3n) is 4.25. The molecule has 1 fully saturated rings. The normalized spacial score (nSPS) is 16.0. The number of nitrogens with one attached hydrogen (secondary N) is 1. The summed E-state index contributed by atoms with van der Waals surface area (Å²) in [5, 5.41) is 3.39. The summed E-state index contributed by atoms with van der Waals surface area (Å²) in [6.45, 7) is 0.467. The Bertz CT molecular complexity index is 1160. The van der Waals surface area contributed by atoms with Gasteiger partial charge in [0.25, 0.3) is 5.91 Å². The van der Waals surface area contributed by atoms with E-state index in [0.29, 0.717) is 16.7 Å². The van der Waals surface area contributed by atoms with Gasteiger partial charge in [0.15, 0.2) is 5.17 Å². The topological polar surface area (TPSA) is 50.7 Å². The highest BCUT2D eigenvalue weighted by atomic mass is 127. The molecule has 0 bridgehead atoms. The summed E-state index contributed by atoms with van der Waals surface area (Å²) in [6.07, 6.45) is 1.84. The fraction of sp³-hybridized carbons (Fsp3) is 0.0435. The number of amides is 1. The molecule has 1 heterocycles. The minimum absolute atomic E-state index is 0.161. The van der Waals surface area contributed by atoms with Crippen molar-refractivity contribution in [2.24, 2.45) is 4.99 Å². The van der Waals surface area contributed by atoms with Crippen LogP contribution in [-0.2, 0) is 11.4 Å². The molecule has 0 saturated carbocycles. The number of benzene rings is 3. The SMILES string of the molecule is O=C1NC(=Nc2ccc(I)cc2)S/C1=C/c1cc(Br)c(OCc2ccccc2)c(Br)c1. The van der Waals surface area contributed by atoms with Crippen molar-refractivity contribution in [1.29, 1.82) is 0 Å². The monoisotopic (exact) mass is 668 g/mol. The summed E-state index contributed by atoms with van der Waals surface area (Å²) in [5.41, 5.74) is 2.76. The lowest BCUT2D eigenvalue weighted by molar-refractivity contribution is -0.115. The molecule has 0 aromatic heterocycles. The molecule has 1 amide bonds. The lowest BCUT2D eigenvalue weighted by Gasteiger charge is -2.11. The van der Waals surface area contributed by atoms with Crippen molar-refractivity contribution in [3.63, 3.8) is 0 Å². The number of carbonyl (C=O) groups excluding carboxylic acids is 1. The van der Waals surface area contributed by atoms with Gasteiger partial charge >= 0.3 is 0 Å². The second kappa shape index (κ2) is 10.3. The lowest BCUT2D eigenvalue weighted by atomic mass is 10.2. The Kier molecular flexibility index (Phi) is 7.52. The summed E-state index contributed by atoms with van der Waals surface area (Å²) in [7, 11) is 0. The molecule has 31 heavy (non-hydrogen) atoms. The standard InChI is InChI=1S/C23H15Br2IN2O2S/c24-18-10-15(11-19(25)21(18)30-13-14-4-2-1-3-5-14)12-20-22(29)28-23(31-20)27-17-8-6-16(26)7-9-17/h1-12H,13H2,(H,27,28,29)/b20-12+. The van der Waals surface area contributed by atoms with Crippen LogP contribution in [0.3, 0.4) is 0 Å². The van der Waals surface area contributed by atoms with Crippen LogP contribution in [0.4, 0.5) is 5.69 Å². The first-order valence-corrected chi connectivity index (χ1v) is 12.7. The van der Waals surface area contributed by atoms with Crippen molar-refractivity contribution in [1.82, 2.24) is 5.32 Å². The van der Waals surface area contributed by atoms with Crippen LogP contribution in [0.1, 0.15) is 11.1 Å². The summed E-state index contributed by atoms with van der Waals surface area (Å²) >= 11 is 10.7. The van der Waals surface area contributed by atoms with E-state index in [0.717, 1.165) is 35.1 Å². The van der Waals surface area contributed by atoms with Gasteiger partial charge < -0.3 is 10.1 Å². The molecule has 0 spiro atoms. The number of ether oxygens (including phenoxy) is 1. The molecule has 1 saturated heterocycles. The number of halogens is 3. The zero-order valence-electron chi connectivity index (χ0n) is 15.9. The van der Waals surface area contributed by atoms with E-state index in [1.54, 1.807) is 0 Å². The molecular formula is C23H15Br2IN2O2S. The average Bonchev–Trinajstić information content (AvgIpc) is 3.08. The molecule has 156 valence electrons. The molecule has 1 aliphatic rings. The Balaban J connectivity index is 1.50. The maximum Gasteiger partial charge on any atom is 0.264 e. The molecule has 0 unspecified atom stereocenters. The molecule has 3 aromatic carbocycles. The molecule has 1 aliphatic heterocycles. The van der Waals surface area contributed by atoms with Gasteiger partial charge in [-0.05, 0) is 120 Å². The van der Waals surface area contributed by atoms with Gasteiger partial charge in [-0.2, -0.15) is 0 Å². The Morgan fingerprint density at radius 2 is 1.71 bits per heavy atom. The van der Waals surface area contributed by atoms with Crippen molar-refractivity contribution < 1.29 is 9.53 Å². The van der Waals surface area contributed by atoms with E-state index in [-0.39, 0.29) is 5.91 Å². The van der Waals surface area contributed by atoms with Crippen LogP contribution in [0, 0.1) is 3.57 Å². The first-order valence-electron chi connectivity index (χ1n) is 9.19. The van der Waals surface area contributed by atoms with Crippen LogP contribution in [0.5, 0.6) is 5.75 Å². The number of thioether (sulfide) groups is 1. The maximum atomic E-state index is 12.4. The third-order valence-corrected chi connectivity index (χ3v) is 7.06. The minimum atomic E-state index is -0.161. The maximum absolute atomic E-state index is 12.4. The number of nitrogens with zero attached hydrogens (tertiary/aromatic N) is 1. The first-order chi connectivity index (χ1) is 15.0. The van der Waals surface area contributed by atoms with Gasteiger partial charge in [0.2, 0.25) is 0 Å². The van der Waals surface area contributed by atoms with Crippen LogP contribution >= 0.6 is 66.2 Å². The van der Waals surface area contributed by atoms with Crippen LogP contribution in [0.2, 0.25) is 0 Å². The summed E-state index contributed by atoms with van der Waals surface area (Å²) in [5.74, 6) is 0.557. The van der Waals surface area contributed by atoms with Gasteiger partial charge in [-0.1, -0.05) is 30.3 Å². The molecule has 0 atom stereocenters. The first kappa shape index (κ1) is 22.6. The second-order valence-corrected chi connectivity index (χ2v) is 10.5. The van der Waals surface area contributed by atoms with E-state index in [9.17, 15) is 4.79 Å². The largest absolute Gasteiger partial charge is 0.487 e. The fourth-order valence-electron chi connectivity index (χ4n) is 2.80. The highest BCUT2D eigenvalue weighted by Gasteiger charge is 2.24. The highest BCUT2D eigenvalue weighted by molar-refractivity contribution is 14.1.